The first kappa shape index (κ1) is 21.7. The van der Waals surface area contributed by atoms with Crippen molar-refractivity contribution in [1.82, 2.24) is 4.98 Å². The number of ether oxygens (including phenoxy) is 1. The molecule has 1 aromatic carbocycles. The third-order valence-corrected chi connectivity index (χ3v) is 4.63. The van der Waals surface area contributed by atoms with E-state index in [9.17, 15) is 0 Å². The van der Waals surface area contributed by atoms with Crippen LogP contribution in [0.3, 0.4) is 0 Å². The number of halogens is 2. The average Bonchev–Trinajstić information content (AvgIpc) is 2.66. The monoisotopic (exact) mass is 415 g/mol. The molecule has 6 heteroatoms. The largest absolute Gasteiger partial charge is 0.486 e. The third-order valence-electron chi connectivity index (χ3n) is 4.03. The van der Waals surface area contributed by atoms with Gasteiger partial charge in [-0.15, -0.1) is 0 Å². The molecular formula is C22H23Cl2N3O. The van der Waals surface area contributed by atoms with E-state index in [2.05, 4.69) is 11.6 Å². The number of hydrogen-bond donors (Lipinski definition) is 2. The van der Waals surface area contributed by atoms with Crippen LogP contribution in [-0.4, -0.2) is 10.7 Å². The Morgan fingerprint density at radius 3 is 2.61 bits per heavy atom. The van der Waals surface area contributed by atoms with Gasteiger partial charge in [0.15, 0.2) is 0 Å². The Hall–Kier alpha value is -2.56. The zero-order valence-electron chi connectivity index (χ0n) is 15.9. The minimum absolute atomic E-state index is 0.315. The number of rotatable bonds is 8. The predicted octanol–water partition coefficient (Wildman–Crippen LogP) is 6.56. The van der Waals surface area contributed by atoms with Gasteiger partial charge in [0.05, 0.1) is 15.8 Å². The van der Waals surface area contributed by atoms with Gasteiger partial charge >= 0.3 is 0 Å². The second kappa shape index (κ2) is 10.1. The van der Waals surface area contributed by atoms with Gasteiger partial charge in [-0.3, -0.25) is 10.4 Å². The van der Waals surface area contributed by atoms with Crippen LogP contribution in [0, 0.1) is 5.41 Å². The lowest BCUT2D eigenvalue weighted by atomic mass is 9.99. The number of nitrogens with two attached hydrogens (primary N) is 1. The highest BCUT2D eigenvalue weighted by Crippen LogP contribution is 2.33. The Bertz CT molecular complexity index is 915. The summed E-state index contributed by atoms with van der Waals surface area (Å²) in [5.74, 6) is 0.564. The Morgan fingerprint density at radius 2 is 2.00 bits per heavy atom. The first-order valence-corrected chi connectivity index (χ1v) is 9.58. The van der Waals surface area contributed by atoms with Crippen molar-refractivity contribution in [2.75, 3.05) is 5.73 Å². The lowest BCUT2D eigenvalue weighted by Crippen LogP contribution is -2.09. The van der Waals surface area contributed by atoms with E-state index in [4.69, 9.17) is 39.1 Å². The molecule has 0 radical (unpaired) electrons. The van der Waals surface area contributed by atoms with Gasteiger partial charge in [0.1, 0.15) is 11.9 Å². The van der Waals surface area contributed by atoms with Gasteiger partial charge in [-0.1, -0.05) is 61.0 Å². The lowest BCUT2D eigenvalue weighted by Gasteiger charge is -2.18. The standard InChI is InChI=1S/C22H23Cl2N3O/c1-4-6-8-15(7-5-2)22(26)17-11-16(9-10-20(17)25)28-14(3)21-18(23)12-27-13-19(21)24/h4,6-14,26H,1,5,25H2,2-3H3/b8-6-,15-7+,26-22?. The minimum Gasteiger partial charge on any atom is -0.486 e. The Labute approximate surface area is 175 Å². The molecule has 0 saturated carbocycles. The maximum absolute atomic E-state index is 8.58. The van der Waals surface area contributed by atoms with Gasteiger partial charge < -0.3 is 10.5 Å². The van der Waals surface area contributed by atoms with Crippen LogP contribution in [0.1, 0.15) is 37.5 Å². The van der Waals surface area contributed by atoms with Crippen LogP contribution in [0.15, 0.2) is 67.0 Å². The minimum atomic E-state index is -0.403. The first-order chi connectivity index (χ1) is 13.4. The van der Waals surface area contributed by atoms with Crippen molar-refractivity contribution < 1.29 is 4.74 Å². The number of pyridine rings is 1. The zero-order valence-corrected chi connectivity index (χ0v) is 17.4. The van der Waals surface area contributed by atoms with Crippen LogP contribution in [0.4, 0.5) is 5.69 Å². The van der Waals surface area contributed by atoms with E-state index >= 15 is 0 Å². The molecule has 0 spiro atoms. The maximum Gasteiger partial charge on any atom is 0.124 e. The highest BCUT2D eigenvalue weighted by molar-refractivity contribution is 6.35. The summed E-state index contributed by atoms with van der Waals surface area (Å²) in [4.78, 5) is 3.96. The maximum atomic E-state index is 8.58. The summed E-state index contributed by atoms with van der Waals surface area (Å²) in [6.07, 6.45) is 10.7. The fraction of sp³-hybridized carbons (Fsp3) is 0.182. The van der Waals surface area contributed by atoms with Gasteiger partial charge in [-0.2, -0.15) is 0 Å². The summed E-state index contributed by atoms with van der Waals surface area (Å²) in [6.45, 7) is 7.54. The van der Waals surface area contributed by atoms with E-state index in [0.29, 0.717) is 38.3 Å². The molecule has 0 fully saturated rings. The van der Waals surface area contributed by atoms with E-state index in [-0.39, 0.29) is 0 Å². The molecular weight excluding hydrogens is 393 g/mol. The number of anilines is 1. The third kappa shape index (κ3) is 5.24. The number of nitrogen functional groups attached to an aromatic ring is 1. The lowest BCUT2D eigenvalue weighted by molar-refractivity contribution is 0.227. The fourth-order valence-corrected chi connectivity index (χ4v) is 3.37. The van der Waals surface area contributed by atoms with Gasteiger partial charge in [0.2, 0.25) is 0 Å². The van der Waals surface area contributed by atoms with Gasteiger partial charge in [-0.05, 0) is 37.1 Å². The van der Waals surface area contributed by atoms with Crippen LogP contribution < -0.4 is 10.5 Å². The number of allylic oxidation sites excluding steroid dienone is 5. The normalized spacial score (nSPS) is 12.8. The molecule has 146 valence electrons. The summed E-state index contributed by atoms with van der Waals surface area (Å²) < 4.78 is 6.03. The van der Waals surface area contributed by atoms with Crippen molar-refractivity contribution in [3.05, 3.63) is 88.2 Å². The van der Waals surface area contributed by atoms with Crippen LogP contribution in [-0.2, 0) is 0 Å². The van der Waals surface area contributed by atoms with Gasteiger partial charge in [0.25, 0.3) is 0 Å². The molecule has 0 aliphatic heterocycles. The summed E-state index contributed by atoms with van der Waals surface area (Å²) >= 11 is 12.4. The van der Waals surface area contributed by atoms with Crippen molar-refractivity contribution in [2.45, 2.75) is 26.4 Å². The molecule has 0 bridgehead atoms. The Kier molecular flexibility index (Phi) is 7.85. The van der Waals surface area contributed by atoms with Crippen LogP contribution in [0.5, 0.6) is 5.75 Å². The summed E-state index contributed by atoms with van der Waals surface area (Å²) in [6, 6.07) is 5.24. The molecule has 2 rings (SSSR count). The van der Waals surface area contributed by atoms with E-state index in [1.54, 1.807) is 30.4 Å². The number of aromatic nitrogens is 1. The second-order valence-electron chi connectivity index (χ2n) is 6.06. The summed E-state index contributed by atoms with van der Waals surface area (Å²) in [7, 11) is 0. The van der Waals surface area contributed by atoms with Crippen molar-refractivity contribution in [3.8, 4) is 5.75 Å². The van der Waals surface area contributed by atoms with E-state index < -0.39 is 6.10 Å². The molecule has 28 heavy (non-hydrogen) atoms. The average molecular weight is 416 g/mol. The molecule has 0 aliphatic carbocycles. The SMILES string of the molecule is C=C/C=C\C(=C/CC)C(=N)c1cc(OC(C)c2c(Cl)cncc2Cl)ccc1N. The van der Waals surface area contributed by atoms with Gasteiger partial charge in [-0.25, -0.2) is 0 Å². The van der Waals surface area contributed by atoms with E-state index in [1.165, 1.54) is 12.4 Å². The topological polar surface area (TPSA) is 72.0 Å². The smallest absolute Gasteiger partial charge is 0.124 e. The molecule has 1 atom stereocenters. The molecule has 1 unspecified atom stereocenters. The number of hydrogen-bond acceptors (Lipinski definition) is 4. The van der Waals surface area contributed by atoms with Crippen LogP contribution in [0.25, 0.3) is 0 Å². The highest BCUT2D eigenvalue weighted by atomic mass is 35.5. The van der Waals surface area contributed by atoms with Crippen LogP contribution >= 0.6 is 23.2 Å². The Morgan fingerprint density at radius 1 is 1.32 bits per heavy atom. The highest BCUT2D eigenvalue weighted by Gasteiger charge is 2.17. The molecule has 0 saturated heterocycles. The quantitative estimate of drug-likeness (QED) is 0.291. The summed E-state index contributed by atoms with van der Waals surface area (Å²) in [5, 5.41) is 9.45. The molecule has 0 aliphatic rings. The molecule has 0 amide bonds. The number of nitrogens with one attached hydrogen (secondary N) is 1. The first-order valence-electron chi connectivity index (χ1n) is 8.82. The number of benzene rings is 1. The second-order valence-corrected chi connectivity index (χ2v) is 6.88. The summed E-state index contributed by atoms with van der Waals surface area (Å²) in [5.41, 5.74) is 8.95. The predicted molar refractivity (Wildman–Crippen MR) is 119 cm³/mol. The fourth-order valence-electron chi connectivity index (χ4n) is 2.70. The molecule has 2 aromatic rings. The number of nitrogens with zero attached hydrogens (tertiary/aromatic N) is 1. The van der Waals surface area contributed by atoms with Crippen molar-refractivity contribution in [2.24, 2.45) is 0 Å². The van der Waals surface area contributed by atoms with Crippen LogP contribution in [0.2, 0.25) is 10.0 Å². The Balaban J connectivity index is 2.35. The van der Waals surface area contributed by atoms with Gasteiger partial charge in [0, 0.05) is 29.2 Å². The van der Waals surface area contributed by atoms with Crippen molar-refractivity contribution in [3.63, 3.8) is 0 Å². The van der Waals surface area contributed by atoms with Crippen molar-refractivity contribution in [1.29, 1.82) is 5.41 Å². The molecule has 3 N–H and O–H groups in total. The molecule has 1 aromatic heterocycles. The van der Waals surface area contributed by atoms with Crippen molar-refractivity contribution >= 4 is 34.6 Å². The zero-order chi connectivity index (χ0) is 20.7. The van der Waals surface area contributed by atoms with E-state index in [1.807, 2.05) is 26.0 Å². The van der Waals surface area contributed by atoms with E-state index in [0.717, 1.165) is 12.0 Å². The molecule has 4 nitrogen and oxygen atoms in total. The molecule has 1 heterocycles.